The second kappa shape index (κ2) is 6.18. The minimum atomic E-state index is 0.241. The molecule has 0 saturated heterocycles. The van der Waals surface area contributed by atoms with Gasteiger partial charge in [-0.2, -0.15) is 15.0 Å². The van der Waals surface area contributed by atoms with Crippen LogP contribution in [-0.2, 0) is 6.42 Å². The van der Waals surface area contributed by atoms with E-state index < -0.39 is 0 Å². The Hall–Kier alpha value is -2.37. The quantitative estimate of drug-likeness (QED) is 0.882. The highest BCUT2D eigenvalue weighted by molar-refractivity contribution is 5.42. The smallest absolute Gasteiger partial charge is 0.231 e. The molecule has 6 heteroatoms. The SMILES string of the molecule is CN(C)c1nc(N)nc(N(C)CCc2ccccc2)n1. The zero-order chi connectivity index (χ0) is 14.5. The molecule has 0 aliphatic rings. The summed E-state index contributed by atoms with van der Waals surface area (Å²) in [5, 5.41) is 0. The van der Waals surface area contributed by atoms with Crippen LogP contribution >= 0.6 is 0 Å². The van der Waals surface area contributed by atoms with Crippen LogP contribution in [0.2, 0.25) is 0 Å². The van der Waals surface area contributed by atoms with Gasteiger partial charge < -0.3 is 15.5 Å². The van der Waals surface area contributed by atoms with Gasteiger partial charge in [-0.05, 0) is 12.0 Å². The standard InChI is InChI=1S/C14H20N6/c1-19(2)13-16-12(15)17-14(18-13)20(3)10-9-11-7-5-4-6-8-11/h4-8H,9-10H2,1-3H3,(H2,15,16,17,18). The van der Waals surface area contributed by atoms with Gasteiger partial charge in [-0.25, -0.2) is 0 Å². The highest BCUT2D eigenvalue weighted by atomic mass is 15.3. The number of benzene rings is 1. The van der Waals surface area contributed by atoms with Crippen LogP contribution < -0.4 is 15.5 Å². The highest BCUT2D eigenvalue weighted by Crippen LogP contribution is 2.13. The molecule has 2 rings (SSSR count). The van der Waals surface area contributed by atoms with Gasteiger partial charge in [0.25, 0.3) is 0 Å². The molecule has 0 aliphatic heterocycles. The predicted molar refractivity (Wildman–Crippen MR) is 82.0 cm³/mol. The van der Waals surface area contributed by atoms with E-state index in [-0.39, 0.29) is 5.95 Å². The fourth-order valence-corrected chi connectivity index (χ4v) is 1.78. The Balaban J connectivity index is 2.07. The molecule has 0 aliphatic carbocycles. The lowest BCUT2D eigenvalue weighted by molar-refractivity contribution is 0.825. The minimum absolute atomic E-state index is 0.241. The van der Waals surface area contributed by atoms with E-state index in [0.29, 0.717) is 11.9 Å². The van der Waals surface area contributed by atoms with Crippen molar-refractivity contribution >= 4 is 17.8 Å². The van der Waals surface area contributed by atoms with E-state index in [9.17, 15) is 0 Å². The summed E-state index contributed by atoms with van der Waals surface area (Å²) < 4.78 is 0. The highest BCUT2D eigenvalue weighted by Gasteiger charge is 2.10. The van der Waals surface area contributed by atoms with Gasteiger partial charge in [0.1, 0.15) is 0 Å². The van der Waals surface area contributed by atoms with Crippen LogP contribution in [0, 0.1) is 0 Å². The number of anilines is 3. The van der Waals surface area contributed by atoms with Crippen LogP contribution in [0.15, 0.2) is 30.3 Å². The van der Waals surface area contributed by atoms with Crippen molar-refractivity contribution in [2.24, 2.45) is 0 Å². The molecular weight excluding hydrogens is 252 g/mol. The van der Waals surface area contributed by atoms with Crippen molar-refractivity contribution in [3.05, 3.63) is 35.9 Å². The van der Waals surface area contributed by atoms with Crippen LogP contribution in [-0.4, -0.2) is 42.6 Å². The fraction of sp³-hybridized carbons (Fsp3) is 0.357. The Morgan fingerprint density at radius 1 is 0.950 bits per heavy atom. The Morgan fingerprint density at radius 2 is 1.60 bits per heavy atom. The molecule has 0 bridgehead atoms. The van der Waals surface area contributed by atoms with Gasteiger partial charge >= 0.3 is 0 Å². The molecule has 2 N–H and O–H groups in total. The second-order valence-corrected chi connectivity index (χ2v) is 4.85. The molecule has 1 heterocycles. The molecule has 0 saturated carbocycles. The summed E-state index contributed by atoms with van der Waals surface area (Å²) in [5.74, 6) is 1.40. The summed E-state index contributed by atoms with van der Waals surface area (Å²) in [5.41, 5.74) is 7.01. The average molecular weight is 272 g/mol. The van der Waals surface area contributed by atoms with E-state index in [1.807, 2.05) is 49.1 Å². The summed E-state index contributed by atoms with van der Waals surface area (Å²) in [4.78, 5) is 16.5. The molecule has 0 radical (unpaired) electrons. The molecule has 6 nitrogen and oxygen atoms in total. The monoisotopic (exact) mass is 272 g/mol. The summed E-state index contributed by atoms with van der Waals surface area (Å²) in [6.07, 6.45) is 0.931. The Bertz CT molecular complexity index is 555. The van der Waals surface area contributed by atoms with E-state index in [4.69, 9.17) is 5.73 Å². The zero-order valence-electron chi connectivity index (χ0n) is 12.1. The van der Waals surface area contributed by atoms with Crippen molar-refractivity contribution < 1.29 is 0 Å². The average Bonchev–Trinajstić information content (AvgIpc) is 2.45. The molecule has 106 valence electrons. The number of hydrogen-bond acceptors (Lipinski definition) is 6. The number of aromatic nitrogens is 3. The number of nitrogen functional groups attached to an aromatic ring is 1. The van der Waals surface area contributed by atoms with Crippen molar-refractivity contribution in [1.82, 2.24) is 15.0 Å². The molecule has 1 aromatic heterocycles. The van der Waals surface area contributed by atoms with Crippen LogP contribution in [0.4, 0.5) is 17.8 Å². The summed E-state index contributed by atoms with van der Waals surface area (Å²) in [6, 6.07) is 10.3. The minimum Gasteiger partial charge on any atom is -0.368 e. The number of rotatable bonds is 5. The van der Waals surface area contributed by atoms with Crippen LogP contribution in [0.25, 0.3) is 0 Å². The fourth-order valence-electron chi connectivity index (χ4n) is 1.78. The maximum Gasteiger partial charge on any atom is 0.231 e. The van der Waals surface area contributed by atoms with E-state index >= 15 is 0 Å². The Labute approximate surface area is 119 Å². The zero-order valence-corrected chi connectivity index (χ0v) is 12.1. The summed E-state index contributed by atoms with van der Waals surface area (Å²) in [7, 11) is 5.71. The van der Waals surface area contributed by atoms with Gasteiger partial charge in [-0.3, -0.25) is 0 Å². The molecule has 0 amide bonds. The summed E-state index contributed by atoms with van der Waals surface area (Å²) >= 11 is 0. The lowest BCUT2D eigenvalue weighted by atomic mass is 10.1. The van der Waals surface area contributed by atoms with Crippen molar-refractivity contribution in [1.29, 1.82) is 0 Å². The maximum absolute atomic E-state index is 5.73. The molecule has 0 atom stereocenters. The van der Waals surface area contributed by atoms with E-state index in [1.54, 1.807) is 0 Å². The first-order valence-corrected chi connectivity index (χ1v) is 6.50. The van der Waals surface area contributed by atoms with Gasteiger partial charge in [-0.15, -0.1) is 0 Å². The topological polar surface area (TPSA) is 71.2 Å². The molecule has 1 aromatic carbocycles. The van der Waals surface area contributed by atoms with Crippen LogP contribution in [0.3, 0.4) is 0 Å². The normalized spacial score (nSPS) is 10.3. The van der Waals surface area contributed by atoms with E-state index in [2.05, 4.69) is 27.1 Å². The lowest BCUT2D eigenvalue weighted by Gasteiger charge is -2.19. The van der Waals surface area contributed by atoms with Crippen molar-refractivity contribution in [3.8, 4) is 0 Å². The maximum atomic E-state index is 5.73. The number of likely N-dealkylation sites (N-methyl/N-ethyl adjacent to an activating group) is 1. The third-order valence-corrected chi connectivity index (χ3v) is 2.95. The molecular formula is C14H20N6. The Kier molecular flexibility index (Phi) is 4.34. The first-order chi connectivity index (χ1) is 9.56. The lowest BCUT2D eigenvalue weighted by Crippen LogP contribution is -2.25. The van der Waals surface area contributed by atoms with Crippen LogP contribution in [0.1, 0.15) is 5.56 Å². The van der Waals surface area contributed by atoms with Gasteiger partial charge in [-0.1, -0.05) is 30.3 Å². The van der Waals surface area contributed by atoms with Crippen LogP contribution in [0.5, 0.6) is 0 Å². The molecule has 0 fully saturated rings. The van der Waals surface area contributed by atoms with Crippen molar-refractivity contribution in [2.45, 2.75) is 6.42 Å². The molecule has 2 aromatic rings. The largest absolute Gasteiger partial charge is 0.368 e. The summed E-state index contributed by atoms with van der Waals surface area (Å²) in [6.45, 7) is 0.820. The van der Waals surface area contributed by atoms with Crippen molar-refractivity contribution in [2.75, 3.05) is 43.2 Å². The predicted octanol–water partition coefficient (Wildman–Crippen LogP) is 1.20. The number of nitrogens with two attached hydrogens (primary N) is 1. The van der Waals surface area contributed by atoms with Crippen molar-refractivity contribution in [3.63, 3.8) is 0 Å². The van der Waals surface area contributed by atoms with Gasteiger partial charge in [0, 0.05) is 27.7 Å². The van der Waals surface area contributed by atoms with Gasteiger partial charge in [0.05, 0.1) is 0 Å². The first-order valence-electron chi connectivity index (χ1n) is 6.50. The van der Waals surface area contributed by atoms with Gasteiger partial charge in [0.2, 0.25) is 17.8 Å². The number of nitrogens with zero attached hydrogens (tertiary/aromatic N) is 5. The second-order valence-electron chi connectivity index (χ2n) is 4.85. The third kappa shape index (κ3) is 3.57. The molecule has 0 unspecified atom stereocenters. The van der Waals surface area contributed by atoms with Gasteiger partial charge in [0.15, 0.2) is 0 Å². The van der Waals surface area contributed by atoms with E-state index in [0.717, 1.165) is 13.0 Å². The first kappa shape index (κ1) is 14.0. The van der Waals surface area contributed by atoms with E-state index in [1.165, 1.54) is 5.56 Å². The Morgan fingerprint density at radius 3 is 2.25 bits per heavy atom. The molecule has 20 heavy (non-hydrogen) atoms. The number of hydrogen-bond donors (Lipinski definition) is 1. The molecule has 0 spiro atoms. The third-order valence-electron chi connectivity index (χ3n) is 2.95.